The molecule has 2 saturated heterocycles. The van der Waals surface area contributed by atoms with Crippen LogP contribution in [0.2, 0.25) is 0 Å². The van der Waals surface area contributed by atoms with Gasteiger partial charge in [-0.2, -0.15) is 0 Å². The fraction of sp³-hybridized carbons (Fsp3) is 0.818. The van der Waals surface area contributed by atoms with E-state index in [1.165, 1.54) is 0 Å². The normalized spacial score (nSPS) is 26.4. The maximum Gasteiger partial charge on any atom is 0.234 e. The molecule has 96 valence electrons. The summed E-state index contributed by atoms with van der Waals surface area (Å²) in [6, 6.07) is 0.100. The van der Waals surface area contributed by atoms with E-state index in [9.17, 15) is 9.59 Å². The fourth-order valence-corrected chi connectivity index (χ4v) is 2.20. The smallest absolute Gasteiger partial charge is 0.234 e. The van der Waals surface area contributed by atoms with Crippen LogP contribution in [-0.4, -0.2) is 62.0 Å². The highest BCUT2D eigenvalue weighted by atomic mass is 16.2. The molecule has 17 heavy (non-hydrogen) atoms. The minimum absolute atomic E-state index is 0.0630. The van der Waals surface area contributed by atoms with Crippen LogP contribution in [0.25, 0.3) is 0 Å². The zero-order valence-electron chi connectivity index (χ0n) is 10.00. The third kappa shape index (κ3) is 3.98. The van der Waals surface area contributed by atoms with E-state index in [1.807, 2.05) is 0 Å². The van der Waals surface area contributed by atoms with Crippen LogP contribution in [0.3, 0.4) is 0 Å². The van der Waals surface area contributed by atoms with Gasteiger partial charge < -0.3 is 16.0 Å². The van der Waals surface area contributed by atoms with Crippen molar-refractivity contribution in [2.75, 3.05) is 39.3 Å². The SMILES string of the molecule is O=C1CCC(NC(=O)CN2CCNCC2)CN1. The third-order valence-electron chi connectivity index (χ3n) is 3.21. The molecule has 2 rings (SSSR count). The standard InChI is InChI=1S/C11H20N4O2/c16-10-2-1-9(7-13-10)14-11(17)8-15-5-3-12-4-6-15/h9,12H,1-8H2,(H,13,16)(H,14,17). The summed E-state index contributed by atoms with van der Waals surface area (Å²) >= 11 is 0. The van der Waals surface area contributed by atoms with Gasteiger partial charge in [-0.1, -0.05) is 0 Å². The second-order valence-electron chi connectivity index (χ2n) is 4.63. The first kappa shape index (κ1) is 12.3. The van der Waals surface area contributed by atoms with E-state index >= 15 is 0 Å². The maximum atomic E-state index is 11.8. The van der Waals surface area contributed by atoms with Gasteiger partial charge in [0.1, 0.15) is 0 Å². The molecule has 1 unspecified atom stereocenters. The molecular weight excluding hydrogens is 220 g/mol. The van der Waals surface area contributed by atoms with Crippen LogP contribution in [0.4, 0.5) is 0 Å². The molecule has 0 aromatic carbocycles. The Bertz CT molecular complexity index is 279. The van der Waals surface area contributed by atoms with Crippen LogP contribution in [0, 0.1) is 0 Å². The lowest BCUT2D eigenvalue weighted by Gasteiger charge is -2.28. The number of nitrogens with one attached hydrogen (secondary N) is 3. The second-order valence-corrected chi connectivity index (χ2v) is 4.63. The Morgan fingerprint density at radius 1 is 1.41 bits per heavy atom. The van der Waals surface area contributed by atoms with Gasteiger partial charge in [-0.15, -0.1) is 0 Å². The Kier molecular flexibility index (Phi) is 4.33. The van der Waals surface area contributed by atoms with Crippen molar-refractivity contribution in [3.8, 4) is 0 Å². The Hall–Kier alpha value is -1.14. The molecule has 2 amide bonds. The fourth-order valence-electron chi connectivity index (χ4n) is 2.20. The highest BCUT2D eigenvalue weighted by molar-refractivity contribution is 5.80. The molecular formula is C11H20N4O2. The van der Waals surface area contributed by atoms with Gasteiger partial charge in [0, 0.05) is 45.2 Å². The lowest BCUT2D eigenvalue weighted by Crippen LogP contribution is -2.52. The molecule has 2 fully saturated rings. The molecule has 0 spiro atoms. The Morgan fingerprint density at radius 2 is 2.18 bits per heavy atom. The number of hydrogen-bond donors (Lipinski definition) is 3. The number of carbonyl (C=O) groups excluding carboxylic acids is 2. The molecule has 0 aromatic heterocycles. The molecule has 2 heterocycles. The van der Waals surface area contributed by atoms with Gasteiger partial charge in [-0.05, 0) is 6.42 Å². The summed E-state index contributed by atoms with van der Waals surface area (Å²) in [5.41, 5.74) is 0. The van der Waals surface area contributed by atoms with Crippen molar-refractivity contribution in [1.82, 2.24) is 20.9 Å². The van der Waals surface area contributed by atoms with Crippen molar-refractivity contribution in [3.05, 3.63) is 0 Å². The van der Waals surface area contributed by atoms with E-state index < -0.39 is 0 Å². The van der Waals surface area contributed by atoms with Gasteiger partial charge in [0.15, 0.2) is 0 Å². The Balaban J connectivity index is 1.67. The highest BCUT2D eigenvalue weighted by Gasteiger charge is 2.20. The number of amides is 2. The molecule has 0 bridgehead atoms. The summed E-state index contributed by atoms with van der Waals surface area (Å²) in [6.07, 6.45) is 1.26. The highest BCUT2D eigenvalue weighted by Crippen LogP contribution is 2.02. The molecule has 0 saturated carbocycles. The molecule has 0 radical (unpaired) electrons. The van der Waals surface area contributed by atoms with Crippen molar-refractivity contribution in [1.29, 1.82) is 0 Å². The van der Waals surface area contributed by atoms with E-state index in [0.29, 0.717) is 19.5 Å². The zero-order valence-corrected chi connectivity index (χ0v) is 10.00. The van der Waals surface area contributed by atoms with Gasteiger partial charge in [0.25, 0.3) is 0 Å². The van der Waals surface area contributed by atoms with E-state index in [0.717, 1.165) is 32.6 Å². The Labute approximate surface area is 101 Å². The van der Waals surface area contributed by atoms with Crippen LogP contribution in [0.15, 0.2) is 0 Å². The number of carbonyl (C=O) groups is 2. The maximum absolute atomic E-state index is 11.8. The van der Waals surface area contributed by atoms with Gasteiger partial charge in [0.2, 0.25) is 11.8 Å². The molecule has 6 heteroatoms. The number of hydrogen-bond acceptors (Lipinski definition) is 4. The van der Waals surface area contributed by atoms with E-state index in [1.54, 1.807) is 0 Å². The summed E-state index contributed by atoms with van der Waals surface area (Å²) in [6.45, 7) is 4.78. The predicted octanol–water partition coefficient (Wildman–Crippen LogP) is -1.71. The van der Waals surface area contributed by atoms with Gasteiger partial charge in [0.05, 0.1) is 6.54 Å². The largest absolute Gasteiger partial charge is 0.354 e. The van der Waals surface area contributed by atoms with Crippen molar-refractivity contribution >= 4 is 11.8 Å². The van der Waals surface area contributed by atoms with Crippen molar-refractivity contribution in [2.24, 2.45) is 0 Å². The molecule has 0 aromatic rings. The molecule has 2 aliphatic rings. The van der Waals surface area contributed by atoms with Crippen LogP contribution in [0.5, 0.6) is 0 Å². The second kappa shape index (κ2) is 5.97. The summed E-state index contributed by atoms with van der Waals surface area (Å²) in [4.78, 5) is 24.9. The van der Waals surface area contributed by atoms with Crippen LogP contribution >= 0.6 is 0 Å². The summed E-state index contributed by atoms with van der Waals surface area (Å²) in [5.74, 6) is 0.144. The summed E-state index contributed by atoms with van der Waals surface area (Å²) < 4.78 is 0. The predicted molar refractivity (Wildman–Crippen MR) is 63.5 cm³/mol. The molecule has 2 aliphatic heterocycles. The first-order valence-electron chi connectivity index (χ1n) is 6.23. The van der Waals surface area contributed by atoms with Crippen molar-refractivity contribution in [3.63, 3.8) is 0 Å². The third-order valence-corrected chi connectivity index (χ3v) is 3.21. The average molecular weight is 240 g/mol. The number of piperidine rings is 1. The first-order chi connectivity index (χ1) is 8.24. The van der Waals surface area contributed by atoms with Gasteiger partial charge in [-0.3, -0.25) is 14.5 Å². The van der Waals surface area contributed by atoms with Crippen LogP contribution < -0.4 is 16.0 Å². The molecule has 0 aliphatic carbocycles. The monoisotopic (exact) mass is 240 g/mol. The van der Waals surface area contributed by atoms with Gasteiger partial charge >= 0.3 is 0 Å². The minimum atomic E-state index is 0.0630. The van der Waals surface area contributed by atoms with E-state index in [2.05, 4.69) is 20.9 Å². The van der Waals surface area contributed by atoms with Crippen LogP contribution in [0.1, 0.15) is 12.8 Å². The summed E-state index contributed by atoms with van der Waals surface area (Å²) in [5, 5.41) is 8.99. The molecule has 1 atom stereocenters. The summed E-state index contributed by atoms with van der Waals surface area (Å²) in [7, 11) is 0. The zero-order chi connectivity index (χ0) is 12.1. The van der Waals surface area contributed by atoms with E-state index in [-0.39, 0.29) is 17.9 Å². The number of rotatable bonds is 3. The van der Waals surface area contributed by atoms with Crippen LogP contribution in [-0.2, 0) is 9.59 Å². The quantitative estimate of drug-likeness (QED) is 0.549. The lowest BCUT2D eigenvalue weighted by molar-refractivity contribution is -0.126. The minimum Gasteiger partial charge on any atom is -0.354 e. The van der Waals surface area contributed by atoms with E-state index in [4.69, 9.17) is 0 Å². The average Bonchev–Trinajstić information content (AvgIpc) is 2.33. The number of piperazine rings is 1. The molecule has 6 nitrogen and oxygen atoms in total. The number of nitrogens with zero attached hydrogens (tertiary/aromatic N) is 1. The lowest BCUT2D eigenvalue weighted by atomic mass is 10.1. The van der Waals surface area contributed by atoms with Gasteiger partial charge in [-0.25, -0.2) is 0 Å². The van der Waals surface area contributed by atoms with Crippen molar-refractivity contribution in [2.45, 2.75) is 18.9 Å². The molecule has 3 N–H and O–H groups in total. The Morgan fingerprint density at radius 3 is 2.82 bits per heavy atom. The van der Waals surface area contributed by atoms with Crippen molar-refractivity contribution < 1.29 is 9.59 Å². The first-order valence-corrected chi connectivity index (χ1v) is 6.23. The topological polar surface area (TPSA) is 73.5 Å².